The minimum Gasteiger partial charge on any atom is -0.308 e. The van der Waals surface area contributed by atoms with E-state index in [1.807, 2.05) is 0 Å². The predicted molar refractivity (Wildman–Crippen MR) is 92.3 cm³/mol. The lowest BCUT2D eigenvalue weighted by atomic mass is 9.98. The summed E-state index contributed by atoms with van der Waals surface area (Å²) in [5.41, 5.74) is 5.79. The summed E-state index contributed by atoms with van der Waals surface area (Å²) in [5, 5.41) is 3.59. The lowest BCUT2D eigenvalue weighted by Gasteiger charge is -2.22. The molecule has 1 aromatic rings. The fourth-order valence-corrected chi connectivity index (χ4v) is 2.59. The van der Waals surface area contributed by atoms with Gasteiger partial charge in [-0.2, -0.15) is 0 Å². The van der Waals surface area contributed by atoms with E-state index in [1.54, 1.807) is 0 Å². The summed E-state index contributed by atoms with van der Waals surface area (Å²) < 4.78 is 0. The SMILES string of the molecule is CN(C)CC1=CCC(c2ccccc2CNC(C)(C)C)=C1. The summed E-state index contributed by atoms with van der Waals surface area (Å²) in [6.45, 7) is 8.56. The van der Waals surface area contributed by atoms with Crippen molar-refractivity contribution in [2.24, 2.45) is 0 Å². The zero-order valence-corrected chi connectivity index (χ0v) is 14.0. The highest BCUT2D eigenvalue weighted by Gasteiger charge is 2.14. The Kier molecular flexibility index (Phi) is 5.02. The molecule has 0 amide bonds. The molecule has 0 spiro atoms. The molecule has 0 atom stereocenters. The van der Waals surface area contributed by atoms with E-state index in [9.17, 15) is 0 Å². The van der Waals surface area contributed by atoms with Gasteiger partial charge in [-0.05, 0) is 63.6 Å². The second kappa shape index (κ2) is 6.59. The average molecular weight is 284 g/mol. The van der Waals surface area contributed by atoms with E-state index in [-0.39, 0.29) is 5.54 Å². The molecule has 0 radical (unpaired) electrons. The lowest BCUT2D eigenvalue weighted by Crippen LogP contribution is -2.35. The van der Waals surface area contributed by atoms with Crippen LogP contribution in [0.25, 0.3) is 5.57 Å². The molecular formula is C19H28N2. The first-order valence-corrected chi connectivity index (χ1v) is 7.73. The van der Waals surface area contributed by atoms with Gasteiger partial charge in [0.2, 0.25) is 0 Å². The van der Waals surface area contributed by atoms with E-state index in [2.05, 4.69) is 81.5 Å². The molecule has 2 heteroatoms. The Morgan fingerprint density at radius 3 is 2.52 bits per heavy atom. The van der Waals surface area contributed by atoms with Crippen LogP contribution in [-0.4, -0.2) is 31.1 Å². The van der Waals surface area contributed by atoms with Crippen molar-refractivity contribution in [1.82, 2.24) is 10.2 Å². The molecular weight excluding hydrogens is 256 g/mol. The molecule has 2 rings (SSSR count). The third-order valence-corrected chi connectivity index (χ3v) is 3.62. The smallest absolute Gasteiger partial charge is 0.0224 e. The molecule has 1 aromatic carbocycles. The fourth-order valence-electron chi connectivity index (χ4n) is 2.59. The third-order valence-electron chi connectivity index (χ3n) is 3.62. The molecule has 1 aliphatic carbocycles. The van der Waals surface area contributed by atoms with E-state index in [4.69, 9.17) is 0 Å². The highest BCUT2D eigenvalue weighted by Crippen LogP contribution is 2.29. The van der Waals surface area contributed by atoms with Crippen LogP contribution in [0.3, 0.4) is 0 Å². The van der Waals surface area contributed by atoms with E-state index >= 15 is 0 Å². The summed E-state index contributed by atoms with van der Waals surface area (Å²) in [6.07, 6.45) is 5.76. The first kappa shape index (κ1) is 16.0. The van der Waals surface area contributed by atoms with Crippen LogP contribution >= 0.6 is 0 Å². The molecule has 1 N–H and O–H groups in total. The van der Waals surface area contributed by atoms with Crippen molar-refractivity contribution in [3.8, 4) is 0 Å². The normalized spacial score (nSPS) is 15.3. The quantitative estimate of drug-likeness (QED) is 0.883. The molecule has 0 bridgehead atoms. The van der Waals surface area contributed by atoms with Crippen LogP contribution in [-0.2, 0) is 6.54 Å². The molecule has 21 heavy (non-hydrogen) atoms. The van der Waals surface area contributed by atoms with E-state index in [1.165, 1.54) is 22.3 Å². The summed E-state index contributed by atoms with van der Waals surface area (Å²) >= 11 is 0. The number of hydrogen-bond donors (Lipinski definition) is 1. The maximum atomic E-state index is 3.59. The van der Waals surface area contributed by atoms with Crippen LogP contribution in [0.15, 0.2) is 42.0 Å². The maximum absolute atomic E-state index is 3.59. The van der Waals surface area contributed by atoms with Gasteiger partial charge in [0.15, 0.2) is 0 Å². The number of rotatable bonds is 5. The standard InChI is InChI=1S/C19H28N2/c1-19(2,3)20-13-17-8-6-7-9-18(17)16-11-10-15(12-16)14-21(4)5/h6-10,12,20H,11,13-14H2,1-5H3. The molecule has 0 unspecified atom stereocenters. The molecule has 1 aliphatic rings. The highest BCUT2D eigenvalue weighted by atomic mass is 15.0. The topological polar surface area (TPSA) is 15.3 Å². The molecule has 0 heterocycles. The Morgan fingerprint density at radius 2 is 1.86 bits per heavy atom. The van der Waals surface area contributed by atoms with E-state index in [0.717, 1.165) is 19.5 Å². The van der Waals surface area contributed by atoms with Gasteiger partial charge in [0.25, 0.3) is 0 Å². The number of benzene rings is 1. The number of hydrogen-bond acceptors (Lipinski definition) is 2. The Morgan fingerprint density at radius 1 is 1.14 bits per heavy atom. The first-order chi connectivity index (χ1) is 9.85. The maximum Gasteiger partial charge on any atom is 0.0224 e. The molecule has 0 aliphatic heterocycles. The predicted octanol–water partition coefficient (Wildman–Crippen LogP) is 3.85. The van der Waals surface area contributed by atoms with E-state index < -0.39 is 0 Å². The Bertz CT molecular complexity index is 545. The second-order valence-corrected chi connectivity index (χ2v) is 7.15. The molecule has 2 nitrogen and oxygen atoms in total. The van der Waals surface area contributed by atoms with Crippen molar-refractivity contribution in [1.29, 1.82) is 0 Å². The van der Waals surface area contributed by atoms with Gasteiger partial charge in [-0.1, -0.05) is 36.4 Å². The van der Waals surface area contributed by atoms with Crippen molar-refractivity contribution in [2.45, 2.75) is 39.3 Å². The molecule has 0 aromatic heterocycles. The minimum absolute atomic E-state index is 0.144. The van der Waals surface area contributed by atoms with Crippen molar-refractivity contribution < 1.29 is 0 Å². The fraction of sp³-hybridized carbons (Fsp3) is 0.474. The zero-order chi connectivity index (χ0) is 15.5. The monoisotopic (exact) mass is 284 g/mol. The third kappa shape index (κ3) is 4.83. The molecule has 0 saturated carbocycles. The van der Waals surface area contributed by atoms with Crippen molar-refractivity contribution in [2.75, 3.05) is 20.6 Å². The summed E-state index contributed by atoms with van der Waals surface area (Å²) in [7, 11) is 4.24. The highest BCUT2D eigenvalue weighted by molar-refractivity contribution is 5.74. The van der Waals surface area contributed by atoms with Crippen LogP contribution in [0.2, 0.25) is 0 Å². The van der Waals surface area contributed by atoms with Crippen molar-refractivity contribution in [3.63, 3.8) is 0 Å². The second-order valence-electron chi connectivity index (χ2n) is 7.15. The van der Waals surface area contributed by atoms with Crippen LogP contribution in [0, 0.1) is 0 Å². The van der Waals surface area contributed by atoms with Crippen LogP contribution < -0.4 is 5.32 Å². The van der Waals surface area contributed by atoms with Crippen molar-refractivity contribution >= 4 is 5.57 Å². The molecule has 114 valence electrons. The first-order valence-electron chi connectivity index (χ1n) is 7.73. The molecule has 0 saturated heterocycles. The van der Waals surface area contributed by atoms with E-state index in [0.29, 0.717) is 0 Å². The van der Waals surface area contributed by atoms with Gasteiger partial charge in [0, 0.05) is 18.6 Å². The van der Waals surface area contributed by atoms with Crippen LogP contribution in [0.5, 0.6) is 0 Å². The zero-order valence-electron chi connectivity index (χ0n) is 14.0. The number of nitrogens with one attached hydrogen (secondary N) is 1. The number of likely N-dealkylation sites (N-methyl/N-ethyl adjacent to an activating group) is 1. The summed E-state index contributed by atoms with van der Waals surface area (Å²) in [6, 6.07) is 8.75. The van der Waals surface area contributed by atoms with Gasteiger partial charge < -0.3 is 10.2 Å². The summed E-state index contributed by atoms with van der Waals surface area (Å²) in [5.74, 6) is 0. The number of nitrogens with zero attached hydrogens (tertiary/aromatic N) is 1. The van der Waals surface area contributed by atoms with Gasteiger partial charge in [-0.3, -0.25) is 0 Å². The van der Waals surface area contributed by atoms with Gasteiger partial charge in [-0.15, -0.1) is 0 Å². The minimum atomic E-state index is 0.144. The Hall–Kier alpha value is -1.38. The Labute approximate surface area is 129 Å². The van der Waals surface area contributed by atoms with Gasteiger partial charge in [0.1, 0.15) is 0 Å². The Balaban J connectivity index is 2.14. The average Bonchev–Trinajstić information content (AvgIpc) is 2.83. The van der Waals surface area contributed by atoms with Gasteiger partial charge >= 0.3 is 0 Å². The van der Waals surface area contributed by atoms with Gasteiger partial charge in [-0.25, -0.2) is 0 Å². The largest absolute Gasteiger partial charge is 0.308 e. The van der Waals surface area contributed by atoms with Crippen molar-refractivity contribution in [3.05, 3.63) is 53.1 Å². The van der Waals surface area contributed by atoms with Crippen LogP contribution in [0.1, 0.15) is 38.3 Å². The lowest BCUT2D eigenvalue weighted by molar-refractivity contribution is 0.424. The van der Waals surface area contributed by atoms with Gasteiger partial charge in [0.05, 0.1) is 0 Å². The number of allylic oxidation sites excluding steroid dienone is 2. The molecule has 0 fully saturated rings. The van der Waals surface area contributed by atoms with Crippen LogP contribution in [0.4, 0.5) is 0 Å². The summed E-state index contributed by atoms with van der Waals surface area (Å²) in [4.78, 5) is 2.22.